The molecule has 0 saturated heterocycles. The minimum absolute atomic E-state index is 0.0384. The molecule has 12 heteroatoms. The summed E-state index contributed by atoms with van der Waals surface area (Å²) in [6.07, 6.45) is 8.67. The van der Waals surface area contributed by atoms with Gasteiger partial charge in [-0.2, -0.15) is 4.37 Å². The van der Waals surface area contributed by atoms with Crippen molar-refractivity contribution in [3.63, 3.8) is 0 Å². The summed E-state index contributed by atoms with van der Waals surface area (Å²) in [7, 11) is -1.71. The molecule has 1 unspecified atom stereocenters. The van der Waals surface area contributed by atoms with Crippen LogP contribution in [0.2, 0.25) is 0 Å². The van der Waals surface area contributed by atoms with Crippen LogP contribution in [0.3, 0.4) is 0 Å². The predicted octanol–water partition coefficient (Wildman–Crippen LogP) is 6.45. The Morgan fingerprint density at radius 2 is 1.76 bits per heavy atom. The average molecular weight is 615 g/mol. The van der Waals surface area contributed by atoms with Crippen molar-refractivity contribution in [1.29, 1.82) is 0 Å². The summed E-state index contributed by atoms with van der Waals surface area (Å²) < 4.78 is 31.3. The summed E-state index contributed by atoms with van der Waals surface area (Å²) in [4.78, 5) is 38.0. The molecule has 1 aliphatic rings. The van der Waals surface area contributed by atoms with Crippen molar-refractivity contribution in [3.8, 4) is 5.88 Å². The third kappa shape index (κ3) is 13.5. The Bertz CT molecular complexity index is 1050. The van der Waals surface area contributed by atoms with Crippen LogP contribution in [0.1, 0.15) is 99.1 Å². The number of ether oxygens (including phenoxy) is 4. The van der Waals surface area contributed by atoms with Gasteiger partial charge in [0.15, 0.2) is 6.35 Å². The van der Waals surface area contributed by atoms with Gasteiger partial charge in [-0.15, -0.1) is 4.37 Å². The number of nitrogens with one attached hydrogen (secondary N) is 1. The molecule has 2 rings (SSSR count). The molecular weight excluding hydrogens is 565 g/mol. The van der Waals surface area contributed by atoms with E-state index in [9.17, 15) is 14.4 Å². The van der Waals surface area contributed by atoms with Gasteiger partial charge in [0.2, 0.25) is 0 Å². The Kier molecular flexibility index (Phi) is 13.5. The lowest BCUT2D eigenvalue weighted by molar-refractivity contribution is -0.155. The second kappa shape index (κ2) is 15.8. The summed E-state index contributed by atoms with van der Waals surface area (Å²) >= 11 is 1.14. The number of amides is 1. The van der Waals surface area contributed by atoms with Crippen LogP contribution in [-0.2, 0) is 23.8 Å². The molecule has 1 amide bonds. The van der Waals surface area contributed by atoms with Gasteiger partial charge in [0, 0.05) is 12.0 Å². The summed E-state index contributed by atoms with van der Waals surface area (Å²) in [5.41, 5.74) is 0.471. The van der Waals surface area contributed by atoms with Crippen molar-refractivity contribution in [1.82, 2.24) is 14.1 Å². The molecule has 1 N–H and O–H groups in total. The van der Waals surface area contributed by atoms with Crippen LogP contribution in [0.15, 0.2) is 6.08 Å². The number of carbonyl (C=O) groups excluding carboxylic acids is 3. The number of hydrogen-bond donors (Lipinski definition) is 1. The fourth-order valence-electron chi connectivity index (χ4n) is 4.23. The molecular formula is C29H49N3O7PS+. The predicted molar refractivity (Wildman–Crippen MR) is 164 cm³/mol. The molecule has 2 atom stereocenters. The monoisotopic (exact) mass is 614 g/mol. The van der Waals surface area contributed by atoms with Gasteiger partial charge in [-0.1, -0.05) is 32.3 Å². The number of aromatic nitrogens is 2. The first-order valence-corrected chi connectivity index (χ1v) is 18.0. The Morgan fingerprint density at radius 3 is 2.41 bits per heavy atom. The van der Waals surface area contributed by atoms with E-state index in [1.165, 1.54) is 12.8 Å². The van der Waals surface area contributed by atoms with E-state index < -0.39 is 42.5 Å². The number of carbonyl (C=O) groups is 3. The molecule has 0 fully saturated rings. The van der Waals surface area contributed by atoms with E-state index >= 15 is 0 Å². The van der Waals surface area contributed by atoms with E-state index in [0.717, 1.165) is 54.6 Å². The Morgan fingerprint density at radius 1 is 1.05 bits per heavy atom. The number of nitrogens with zero attached hydrogens (tertiary/aromatic N) is 2. The highest BCUT2D eigenvalue weighted by atomic mass is 32.1. The molecule has 0 spiro atoms. The molecule has 232 valence electrons. The number of allylic oxidation sites excluding steroid dienone is 2. The van der Waals surface area contributed by atoms with Crippen molar-refractivity contribution >= 4 is 42.6 Å². The molecule has 1 aromatic rings. The van der Waals surface area contributed by atoms with Gasteiger partial charge in [0.1, 0.15) is 22.9 Å². The van der Waals surface area contributed by atoms with E-state index in [-0.39, 0.29) is 19.2 Å². The topological polar surface area (TPSA) is 126 Å². The minimum atomic E-state index is -1.71. The fraction of sp³-hybridized carbons (Fsp3) is 0.759. The van der Waals surface area contributed by atoms with E-state index in [1.807, 2.05) is 0 Å². The first-order chi connectivity index (χ1) is 19.1. The molecule has 1 aliphatic heterocycles. The second-order valence-electron chi connectivity index (χ2n) is 12.8. The first-order valence-electron chi connectivity index (χ1n) is 14.5. The lowest BCUT2D eigenvalue weighted by Gasteiger charge is -2.28. The van der Waals surface area contributed by atoms with Crippen molar-refractivity contribution < 1.29 is 33.3 Å². The highest BCUT2D eigenvalue weighted by Gasteiger charge is 2.39. The second-order valence-corrected chi connectivity index (χ2v) is 17.6. The third-order valence-corrected chi connectivity index (χ3v) is 9.87. The molecule has 0 aromatic carbocycles. The van der Waals surface area contributed by atoms with Gasteiger partial charge in [0.05, 0.1) is 44.6 Å². The molecule has 2 heterocycles. The summed E-state index contributed by atoms with van der Waals surface area (Å²) in [6, 6.07) is -1.04. The van der Waals surface area contributed by atoms with Crippen molar-refractivity contribution in [2.45, 2.75) is 111 Å². The van der Waals surface area contributed by atoms with Crippen molar-refractivity contribution in [3.05, 3.63) is 11.8 Å². The van der Waals surface area contributed by atoms with Gasteiger partial charge >= 0.3 is 18.0 Å². The Labute approximate surface area is 250 Å². The number of alkyl carbamates (subject to hydrolysis) is 1. The zero-order valence-electron chi connectivity index (χ0n) is 26.0. The van der Waals surface area contributed by atoms with Gasteiger partial charge in [-0.25, -0.2) is 9.59 Å². The number of hydrogen-bond acceptors (Lipinski definition) is 10. The van der Waals surface area contributed by atoms with E-state index in [4.69, 9.17) is 18.9 Å². The molecule has 0 saturated carbocycles. The lowest BCUT2D eigenvalue weighted by Crippen LogP contribution is -2.44. The van der Waals surface area contributed by atoms with Gasteiger partial charge in [-0.05, 0) is 60.8 Å². The van der Waals surface area contributed by atoms with Crippen LogP contribution in [0.4, 0.5) is 4.79 Å². The number of unbranched alkanes of at least 4 members (excludes halogenated alkanes) is 3. The largest absolute Gasteiger partial charge is 0.475 e. The van der Waals surface area contributed by atoms with Crippen LogP contribution in [0.5, 0.6) is 5.88 Å². The quantitative estimate of drug-likeness (QED) is 0.109. The standard InChI is InChI=1S/C29H48N3O7PS/c1-9-10-11-12-17-36-25-24(31-41-32-25)21-14-13-18-40(8,19-21)20-37-26(34)22(30-27(35)39-29(5,6)7)15-16-23(33)38-28(2,3)4/h14,22H,9-13,15-20H2,1-8H3/p+1/t22-,40?/m0/s1. The Balaban J connectivity index is 2.02. The van der Waals surface area contributed by atoms with E-state index in [2.05, 4.69) is 33.7 Å². The highest BCUT2D eigenvalue weighted by molar-refractivity contribution is 7.75. The van der Waals surface area contributed by atoms with E-state index in [1.54, 1.807) is 41.5 Å². The average Bonchev–Trinajstić information content (AvgIpc) is 3.31. The smallest absolute Gasteiger partial charge is 0.408 e. The zero-order valence-corrected chi connectivity index (χ0v) is 27.8. The molecule has 1 aromatic heterocycles. The van der Waals surface area contributed by atoms with Crippen molar-refractivity contribution in [2.75, 3.05) is 31.9 Å². The zero-order chi connectivity index (χ0) is 30.7. The van der Waals surface area contributed by atoms with Crippen LogP contribution in [0.25, 0.3) is 5.57 Å². The highest BCUT2D eigenvalue weighted by Crippen LogP contribution is 2.60. The van der Waals surface area contributed by atoms with Gasteiger partial charge in [0.25, 0.3) is 5.88 Å². The first kappa shape index (κ1) is 34.9. The number of esters is 2. The molecule has 0 aliphatic carbocycles. The van der Waals surface area contributed by atoms with Crippen LogP contribution < -0.4 is 10.1 Å². The van der Waals surface area contributed by atoms with Gasteiger partial charge < -0.3 is 24.3 Å². The summed E-state index contributed by atoms with van der Waals surface area (Å²) in [6.45, 7) is 15.5. The molecule has 0 bridgehead atoms. The Hall–Kier alpha value is -2.26. The van der Waals surface area contributed by atoms with E-state index in [0.29, 0.717) is 12.5 Å². The number of rotatable bonds is 14. The van der Waals surface area contributed by atoms with Crippen LogP contribution in [0, 0.1) is 0 Å². The SMILES string of the molecule is CCCCCCOc1nsnc1C1=CCC[P+](C)(COC(=O)[C@H](CCC(=O)OC(C)(C)C)NC(=O)OC(C)(C)C)C1. The molecule has 41 heavy (non-hydrogen) atoms. The van der Waals surface area contributed by atoms with Crippen molar-refractivity contribution in [2.24, 2.45) is 0 Å². The van der Waals surface area contributed by atoms with Gasteiger partial charge in [-0.3, -0.25) is 4.79 Å². The maximum atomic E-state index is 13.2. The molecule has 0 radical (unpaired) electrons. The van der Waals surface area contributed by atoms with Crippen LogP contribution >= 0.6 is 19.0 Å². The third-order valence-electron chi connectivity index (χ3n) is 6.16. The molecule has 10 nitrogen and oxygen atoms in total. The maximum absolute atomic E-state index is 13.2. The fourth-order valence-corrected chi connectivity index (χ4v) is 7.43. The lowest BCUT2D eigenvalue weighted by atomic mass is 10.1. The minimum Gasteiger partial charge on any atom is -0.475 e. The normalized spacial score (nSPS) is 18.2. The van der Waals surface area contributed by atoms with Crippen LogP contribution in [-0.4, -0.2) is 76.0 Å². The maximum Gasteiger partial charge on any atom is 0.408 e. The summed E-state index contributed by atoms with van der Waals surface area (Å²) in [5.74, 6) is -0.474. The summed E-state index contributed by atoms with van der Waals surface area (Å²) in [5, 5.41) is 2.59.